The van der Waals surface area contributed by atoms with Crippen LogP contribution >= 0.6 is 0 Å². The molecule has 2 unspecified atom stereocenters. The van der Waals surface area contributed by atoms with Gasteiger partial charge in [0, 0.05) is 0 Å². The number of carbonyl (C=O) groups is 1. The zero-order chi connectivity index (χ0) is 11.4. The number of rotatable bonds is 3. The highest BCUT2D eigenvalue weighted by atomic mass is 19.1. The van der Waals surface area contributed by atoms with E-state index >= 15 is 0 Å². The molecule has 0 spiro atoms. The Morgan fingerprint density at radius 3 is 2.67 bits per heavy atom. The number of halogens is 1. The van der Waals surface area contributed by atoms with Crippen molar-refractivity contribution in [2.24, 2.45) is 0 Å². The fourth-order valence-electron chi connectivity index (χ4n) is 0.974. The predicted octanol–water partition coefficient (Wildman–Crippen LogP) is -0.212. The maximum atomic E-state index is 12.5. The van der Waals surface area contributed by atoms with Gasteiger partial charge in [-0.3, -0.25) is 4.98 Å². The van der Waals surface area contributed by atoms with Gasteiger partial charge in [-0.15, -0.1) is 0 Å². The fraction of sp³-hybridized carbons (Fsp3) is 0.333. The molecule has 0 amide bonds. The lowest BCUT2D eigenvalue weighted by Gasteiger charge is -2.14. The van der Waals surface area contributed by atoms with Crippen molar-refractivity contribution in [1.29, 1.82) is 0 Å². The molecule has 0 radical (unpaired) electrons. The highest BCUT2D eigenvalue weighted by Crippen LogP contribution is 2.15. The van der Waals surface area contributed by atoms with Gasteiger partial charge in [0.05, 0.1) is 19.0 Å². The fourth-order valence-corrected chi connectivity index (χ4v) is 0.974. The van der Waals surface area contributed by atoms with Crippen molar-refractivity contribution in [2.45, 2.75) is 12.2 Å². The van der Waals surface area contributed by atoms with E-state index < -0.39 is 24.0 Å². The van der Waals surface area contributed by atoms with Crippen molar-refractivity contribution < 1.29 is 24.1 Å². The van der Waals surface area contributed by atoms with Gasteiger partial charge in [0.25, 0.3) is 0 Å². The molecule has 1 aromatic heterocycles. The van der Waals surface area contributed by atoms with E-state index in [1.807, 2.05) is 0 Å². The van der Waals surface area contributed by atoms with Crippen LogP contribution in [0.4, 0.5) is 4.39 Å². The lowest BCUT2D eigenvalue weighted by atomic mass is 10.1. The van der Waals surface area contributed by atoms with E-state index in [0.717, 1.165) is 19.4 Å². The van der Waals surface area contributed by atoms with Crippen molar-refractivity contribution in [3.05, 3.63) is 29.8 Å². The molecular weight excluding hydrogens is 205 g/mol. The molecular formula is C9H10FNO4. The molecule has 1 heterocycles. The van der Waals surface area contributed by atoms with Crippen LogP contribution in [-0.2, 0) is 9.53 Å². The second-order valence-electron chi connectivity index (χ2n) is 2.81. The Hall–Kier alpha value is -1.53. The molecule has 2 N–H and O–H groups in total. The van der Waals surface area contributed by atoms with Gasteiger partial charge in [-0.05, 0) is 12.1 Å². The summed E-state index contributed by atoms with van der Waals surface area (Å²) in [4.78, 5) is 14.4. The minimum atomic E-state index is -1.73. The third-order valence-corrected chi connectivity index (χ3v) is 1.80. The van der Waals surface area contributed by atoms with Gasteiger partial charge in [-0.25, -0.2) is 9.18 Å². The number of esters is 1. The summed E-state index contributed by atoms with van der Waals surface area (Å²) >= 11 is 0. The Morgan fingerprint density at radius 2 is 2.20 bits per heavy atom. The zero-order valence-electron chi connectivity index (χ0n) is 7.92. The molecule has 0 fully saturated rings. The number of pyridine rings is 1. The van der Waals surface area contributed by atoms with Crippen LogP contribution in [0.15, 0.2) is 18.3 Å². The van der Waals surface area contributed by atoms with Gasteiger partial charge >= 0.3 is 5.97 Å². The second kappa shape index (κ2) is 4.81. The van der Waals surface area contributed by atoms with Crippen molar-refractivity contribution in [3.8, 4) is 0 Å². The van der Waals surface area contributed by atoms with Crippen LogP contribution in [0.2, 0.25) is 0 Å². The predicted molar refractivity (Wildman–Crippen MR) is 47.2 cm³/mol. The summed E-state index contributed by atoms with van der Waals surface area (Å²) in [7, 11) is 1.08. The summed E-state index contributed by atoms with van der Waals surface area (Å²) < 4.78 is 16.7. The Kier molecular flexibility index (Phi) is 3.70. The van der Waals surface area contributed by atoms with Crippen molar-refractivity contribution in [2.75, 3.05) is 7.11 Å². The molecule has 1 rings (SSSR count). The standard InChI is InChI=1S/C9H10FNO4/c1-15-9(14)8(13)7(12)6-3-2-5(10)4-11-6/h2-4,7-8,12-13H,1H3. The van der Waals surface area contributed by atoms with Gasteiger partial charge in [-0.2, -0.15) is 0 Å². The lowest BCUT2D eigenvalue weighted by molar-refractivity contribution is -0.157. The summed E-state index contributed by atoms with van der Waals surface area (Å²) in [5, 5.41) is 18.7. The molecule has 82 valence electrons. The van der Waals surface area contributed by atoms with E-state index in [2.05, 4.69) is 9.72 Å². The Balaban J connectivity index is 2.80. The summed E-state index contributed by atoms with van der Waals surface area (Å²) in [6, 6.07) is 2.24. The maximum absolute atomic E-state index is 12.5. The quantitative estimate of drug-likeness (QED) is 0.682. The molecule has 0 aliphatic rings. The summed E-state index contributed by atoms with van der Waals surface area (Å²) in [6.45, 7) is 0. The van der Waals surface area contributed by atoms with Crippen molar-refractivity contribution >= 4 is 5.97 Å². The molecule has 5 nitrogen and oxygen atoms in total. The number of aliphatic hydroxyl groups excluding tert-OH is 2. The number of carbonyl (C=O) groups excluding carboxylic acids is 1. The van der Waals surface area contributed by atoms with E-state index in [9.17, 15) is 19.4 Å². The number of ether oxygens (including phenoxy) is 1. The third-order valence-electron chi connectivity index (χ3n) is 1.80. The zero-order valence-corrected chi connectivity index (χ0v) is 7.92. The molecule has 2 atom stereocenters. The van der Waals surface area contributed by atoms with Crippen LogP contribution in [0.25, 0.3) is 0 Å². The molecule has 6 heteroatoms. The van der Waals surface area contributed by atoms with Crippen molar-refractivity contribution in [1.82, 2.24) is 4.98 Å². The monoisotopic (exact) mass is 215 g/mol. The topological polar surface area (TPSA) is 79.7 Å². The van der Waals surface area contributed by atoms with E-state index in [4.69, 9.17) is 0 Å². The molecule has 0 aromatic carbocycles. The Labute approximate surface area is 85.1 Å². The molecule has 15 heavy (non-hydrogen) atoms. The second-order valence-corrected chi connectivity index (χ2v) is 2.81. The number of methoxy groups -OCH3 is 1. The first-order chi connectivity index (χ1) is 7.06. The minimum Gasteiger partial charge on any atom is -0.467 e. The van der Waals surface area contributed by atoms with Crippen molar-refractivity contribution in [3.63, 3.8) is 0 Å². The van der Waals surface area contributed by atoms with Gasteiger partial charge in [-0.1, -0.05) is 0 Å². The summed E-state index contributed by atoms with van der Waals surface area (Å²) in [6.07, 6.45) is -2.38. The SMILES string of the molecule is COC(=O)C(O)C(O)c1ccc(F)cn1. The number of hydrogen-bond acceptors (Lipinski definition) is 5. The number of aliphatic hydroxyl groups is 2. The van der Waals surface area contributed by atoms with Crippen LogP contribution in [0, 0.1) is 5.82 Å². The molecule has 0 saturated carbocycles. The van der Waals surface area contributed by atoms with Crippen LogP contribution in [0.3, 0.4) is 0 Å². The molecule has 0 saturated heterocycles. The number of nitrogens with zero attached hydrogens (tertiary/aromatic N) is 1. The average molecular weight is 215 g/mol. The van der Waals surface area contributed by atoms with Gasteiger partial charge in [0.2, 0.25) is 0 Å². The normalized spacial score (nSPS) is 14.4. The first-order valence-electron chi connectivity index (χ1n) is 4.11. The summed E-state index contributed by atoms with van der Waals surface area (Å²) in [5.74, 6) is -1.55. The van der Waals surface area contributed by atoms with E-state index in [1.54, 1.807) is 0 Å². The van der Waals surface area contributed by atoms with Gasteiger partial charge in [0.15, 0.2) is 6.10 Å². The first-order valence-corrected chi connectivity index (χ1v) is 4.11. The van der Waals surface area contributed by atoms with Gasteiger partial charge < -0.3 is 14.9 Å². The highest BCUT2D eigenvalue weighted by Gasteiger charge is 2.27. The number of aromatic nitrogens is 1. The van der Waals surface area contributed by atoms with Crippen LogP contribution in [0.1, 0.15) is 11.8 Å². The Bertz CT molecular complexity index is 340. The van der Waals surface area contributed by atoms with E-state index in [-0.39, 0.29) is 5.69 Å². The molecule has 0 bridgehead atoms. The maximum Gasteiger partial charge on any atom is 0.337 e. The van der Waals surface area contributed by atoms with E-state index in [0.29, 0.717) is 0 Å². The summed E-state index contributed by atoms with van der Waals surface area (Å²) in [5.41, 5.74) is -0.00528. The smallest absolute Gasteiger partial charge is 0.337 e. The molecule has 1 aromatic rings. The first kappa shape index (κ1) is 11.5. The minimum absolute atomic E-state index is 0.00528. The lowest BCUT2D eigenvalue weighted by Crippen LogP contribution is -2.29. The highest BCUT2D eigenvalue weighted by molar-refractivity contribution is 5.75. The van der Waals surface area contributed by atoms with Gasteiger partial charge in [0.1, 0.15) is 11.9 Å². The van der Waals surface area contributed by atoms with Crippen LogP contribution in [-0.4, -0.2) is 34.4 Å². The Morgan fingerprint density at radius 1 is 1.53 bits per heavy atom. The molecule has 0 aliphatic carbocycles. The van der Waals surface area contributed by atoms with Crippen LogP contribution in [0.5, 0.6) is 0 Å². The molecule has 0 aliphatic heterocycles. The number of hydrogen-bond donors (Lipinski definition) is 2. The van der Waals surface area contributed by atoms with Crippen LogP contribution < -0.4 is 0 Å². The third kappa shape index (κ3) is 2.71. The average Bonchev–Trinajstić information content (AvgIpc) is 2.27. The van der Waals surface area contributed by atoms with E-state index in [1.165, 1.54) is 6.07 Å². The largest absolute Gasteiger partial charge is 0.467 e.